The normalized spacial score (nSPS) is 9.75. The molecule has 0 saturated carbocycles. The Morgan fingerprint density at radius 3 is 2.25 bits per heavy atom. The number of halogens is 1. The van der Waals surface area contributed by atoms with Crippen LogP contribution in [0.25, 0.3) is 0 Å². The summed E-state index contributed by atoms with van der Waals surface area (Å²) < 4.78 is 0. The topological polar surface area (TPSA) is 34.1 Å². The Hall–Kier alpha value is -0.370. The zero-order valence-electron chi connectivity index (χ0n) is 7.22. The number of carbonyl (C=O) groups excluding carboxylic acids is 2. The van der Waals surface area contributed by atoms with E-state index < -0.39 is 0 Å². The standard InChI is InChI=1S/C9H15ClO2/c10-9(12)7-5-3-1-2-4-6-8-11/h8H,1-7H2. The average Bonchev–Trinajstić information content (AvgIpc) is 2.02. The lowest BCUT2D eigenvalue weighted by atomic mass is 10.1. The van der Waals surface area contributed by atoms with Gasteiger partial charge in [0, 0.05) is 12.8 Å². The molecule has 0 aliphatic carbocycles. The molecule has 12 heavy (non-hydrogen) atoms. The van der Waals surface area contributed by atoms with Crippen LogP contribution in [0.1, 0.15) is 44.9 Å². The van der Waals surface area contributed by atoms with Crippen LogP contribution >= 0.6 is 11.6 Å². The number of aldehydes is 1. The quantitative estimate of drug-likeness (QED) is 0.335. The SMILES string of the molecule is O=CCCCCCCCC(=O)Cl. The molecule has 0 fully saturated rings. The summed E-state index contributed by atoms with van der Waals surface area (Å²) in [5.41, 5.74) is 0. The van der Waals surface area contributed by atoms with Crippen LogP contribution in [0.3, 0.4) is 0 Å². The van der Waals surface area contributed by atoms with Crippen molar-refractivity contribution in [3.8, 4) is 0 Å². The van der Waals surface area contributed by atoms with Gasteiger partial charge in [-0.05, 0) is 24.4 Å². The van der Waals surface area contributed by atoms with E-state index in [1.165, 1.54) is 0 Å². The van der Waals surface area contributed by atoms with Crippen LogP contribution in [-0.4, -0.2) is 11.5 Å². The summed E-state index contributed by atoms with van der Waals surface area (Å²) in [5.74, 6) is 0. The smallest absolute Gasteiger partial charge is 0.221 e. The van der Waals surface area contributed by atoms with E-state index in [1.54, 1.807) is 0 Å². The maximum atomic E-state index is 10.3. The number of carbonyl (C=O) groups is 2. The molecular weight excluding hydrogens is 176 g/mol. The second-order valence-electron chi connectivity index (χ2n) is 2.83. The molecule has 0 unspecified atom stereocenters. The monoisotopic (exact) mass is 190 g/mol. The highest BCUT2D eigenvalue weighted by Gasteiger charge is 1.95. The summed E-state index contributed by atoms with van der Waals surface area (Å²) in [6.07, 6.45) is 7.15. The van der Waals surface area contributed by atoms with Crippen LogP contribution < -0.4 is 0 Å². The van der Waals surface area contributed by atoms with E-state index in [9.17, 15) is 9.59 Å². The molecule has 70 valence electrons. The molecule has 0 radical (unpaired) electrons. The van der Waals surface area contributed by atoms with Gasteiger partial charge in [-0.25, -0.2) is 0 Å². The number of unbranched alkanes of at least 4 members (excludes halogenated alkanes) is 5. The van der Waals surface area contributed by atoms with Crippen LogP contribution in [0.2, 0.25) is 0 Å². The third kappa shape index (κ3) is 9.63. The minimum atomic E-state index is -0.247. The Morgan fingerprint density at radius 2 is 1.67 bits per heavy atom. The van der Waals surface area contributed by atoms with Gasteiger partial charge in [0.2, 0.25) is 5.24 Å². The molecule has 0 aromatic rings. The summed E-state index contributed by atoms with van der Waals surface area (Å²) in [5, 5.41) is -0.247. The summed E-state index contributed by atoms with van der Waals surface area (Å²) in [4.78, 5) is 20.2. The second-order valence-corrected chi connectivity index (χ2v) is 3.25. The van der Waals surface area contributed by atoms with Gasteiger partial charge in [0.15, 0.2) is 0 Å². The van der Waals surface area contributed by atoms with E-state index in [0.29, 0.717) is 12.8 Å². The van der Waals surface area contributed by atoms with Gasteiger partial charge in [0.1, 0.15) is 6.29 Å². The second kappa shape index (κ2) is 8.72. The molecule has 0 N–H and O–H groups in total. The molecule has 0 rings (SSSR count). The minimum Gasteiger partial charge on any atom is -0.303 e. The van der Waals surface area contributed by atoms with Crippen LogP contribution in [0, 0.1) is 0 Å². The Balaban J connectivity index is 2.90. The van der Waals surface area contributed by atoms with Gasteiger partial charge in [-0.1, -0.05) is 19.3 Å². The third-order valence-corrected chi connectivity index (χ3v) is 1.88. The minimum absolute atomic E-state index is 0.247. The molecule has 0 aliphatic heterocycles. The Kier molecular flexibility index (Phi) is 8.46. The van der Waals surface area contributed by atoms with E-state index in [4.69, 9.17) is 11.6 Å². The zero-order chi connectivity index (χ0) is 9.23. The average molecular weight is 191 g/mol. The molecule has 0 aromatic carbocycles. The van der Waals surface area contributed by atoms with E-state index in [-0.39, 0.29) is 5.24 Å². The molecule has 2 nitrogen and oxygen atoms in total. The predicted octanol–water partition coefficient (Wildman–Crippen LogP) is 2.68. The number of hydrogen-bond acceptors (Lipinski definition) is 2. The molecule has 0 amide bonds. The Labute approximate surface area is 78.3 Å². The fourth-order valence-electron chi connectivity index (χ4n) is 1.02. The van der Waals surface area contributed by atoms with Gasteiger partial charge >= 0.3 is 0 Å². The first-order chi connectivity index (χ1) is 5.77. The summed E-state index contributed by atoms with van der Waals surface area (Å²) in [6.45, 7) is 0. The highest BCUT2D eigenvalue weighted by atomic mass is 35.5. The molecular formula is C9H15ClO2. The molecule has 0 heterocycles. The van der Waals surface area contributed by atoms with Gasteiger partial charge in [-0.3, -0.25) is 4.79 Å². The Morgan fingerprint density at radius 1 is 1.08 bits per heavy atom. The summed E-state index contributed by atoms with van der Waals surface area (Å²) in [6, 6.07) is 0. The van der Waals surface area contributed by atoms with Crippen molar-refractivity contribution in [2.45, 2.75) is 44.9 Å². The van der Waals surface area contributed by atoms with Crippen LogP contribution in [0.4, 0.5) is 0 Å². The highest BCUT2D eigenvalue weighted by Crippen LogP contribution is 2.07. The zero-order valence-corrected chi connectivity index (χ0v) is 7.98. The fraction of sp³-hybridized carbons (Fsp3) is 0.778. The van der Waals surface area contributed by atoms with Crippen molar-refractivity contribution < 1.29 is 9.59 Å². The summed E-state index contributed by atoms with van der Waals surface area (Å²) in [7, 11) is 0. The lowest BCUT2D eigenvalue weighted by Gasteiger charge is -1.96. The van der Waals surface area contributed by atoms with E-state index >= 15 is 0 Å². The first kappa shape index (κ1) is 11.6. The predicted molar refractivity (Wildman–Crippen MR) is 49.2 cm³/mol. The fourth-order valence-corrected chi connectivity index (χ4v) is 1.16. The Bertz CT molecular complexity index is 134. The van der Waals surface area contributed by atoms with Gasteiger partial charge in [0.25, 0.3) is 0 Å². The molecule has 0 aromatic heterocycles. The lowest BCUT2D eigenvalue weighted by molar-refractivity contribution is -0.111. The van der Waals surface area contributed by atoms with Crippen molar-refractivity contribution in [3.05, 3.63) is 0 Å². The van der Waals surface area contributed by atoms with Crippen molar-refractivity contribution in [1.29, 1.82) is 0 Å². The van der Waals surface area contributed by atoms with Gasteiger partial charge in [-0.15, -0.1) is 0 Å². The van der Waals surface area contributed by atoms with E-state index in [0.717, 1.165) is 38.4 Å². The molecule has 0 bridgehead atoms. The third-order valence-electron chi connectivity index (χ3n) is 1.70. The van der Waals surface area contributed by atoms with Crippen molar-refractivity contribution >= 4 is 23.1 Å². The van der Waals surface area contributed by atoms with Gasteiger partial charge in [-0.2, -0.15) is 0 Å². The van der Waals surface area contributed by atoms with Crippen LogP contribution in [0.5, 0.6) is 0 Å². The van der Waals surface area contributed by atoms with E-state index in [1.807, 2.05) is 0 Å². The van der Waals surface area contributed by atoms with E-state index in [2.05, 4.69) is 0 Å². The van der Waals surface area contributed by atoms with Crippen molar-refractivity contribution in [3.63, 3.8) is 0 Å². The molecule has 0 spiro atoms. The first-order valence-corrected chi connectivity index (χ1v) is 4.77. The maximum Gasteiger partial charge on any atom is 0.221 e. The van der Waals surface area contributed by atoms with Crippen molar-refractivity contribution in [1.82, 2.24) is 0 Å². The molecule has 0 atom stereocenters. The first-order valence-electron chi connectivity index (χ1n) is 4.39. The highest BCUT2D eigenvalue weighted by molar-refractivity contribution is 6.63. The van der Waals surface area contributed by atoms with Gasteiger partial charge in [0.05, 0.1) is 0 Å². The van der Waals surface area contributed by atoms with Crippen LogP contribution in [-0.2, 0) is 9.59 Å². The van der Waals surface area contributed by atoms with Crippen LogP contribution in [0.15, 0.2) is 0 Å². The molecule has 0 aliphatic rings. The lowest BCUT2D eigenvalue weighted by Crippen LogP contribution is -1.86. The number of hydrogen-bond donors (Lipinski definition) is 0. The van der Waals surface area contributed by atoms with Crippen molar-refractivity contribution in [2.75, 3.05) is 0 Å². The number of rotatable bonds is 8. The van der Waals surface area contributed by atoms with Gasteiger partial charge < -0.3 is 4.79 Å². The maximum absolute atomic E-state index is 10.3. The molecule has 3 heteroatoms. The largest absolute Gasteiger partial charge is 0.303 e. The van der Waals surface area contributed by atoms with Crippen molar-refractivity contribution in [2.24, 2.45) is 0 Å². The summed E-state index contributed by atoms with van der Waals surface area (Å²) >= 11 is 5.16. The molecule has 0 saturated heterocycles.